The summed E-state index contributed by atoms with van der Waals surface area (Å²) < 4.78 is 10.8. The first kappa shape index (κ1) is 25.6. The number of anilines is 1. The minimum Gasteiger partial charge on any atom is -0.497 e. The maximum Gasteiger partial charge on any atom is 0.251 e. The third-order valence-corrected chi connectivity index (χ3v) is 5.78. The fourth-order valence-electron chi connectivity index (χ4n) is 3.91. The van der Waals surface area contributed by atoms with E-state index in [2.05, 4.69) is 15.3 Å². The molecule has 4 aromatic rings. The number of rotatable bonds is 12. The smallest absolute Gasteiger partial charge is 0.251 e. The van der Waals surface area contributed by atoms with E-state index in [1.807, 2.05) is 24.3 Å². The molecule has 9 heteroatoms. The Morgan fingerprint density at radius 3 is 2.51 bits per heavy atom. The van der Waals surface area contributed by atoms with Crippen LogP contribution in [-0.2, 0) is 13.0 Å². The van der Waals surface area contributed by atoms with Gasteiger partial charge in [-0.15, -0.1) is 0 Å². The number of fused-ring (bicyclic) bond motifs is 1. The number of ketones is 1. The van der Waals surface area contributed by atoms with Crippen molar-refractivity contribution in [1.82, 2.24) is 9.97 Å². The Morgan fingerprint density at radius 2 is 1.78 bits per heavy atom. The summed E-state index contributed by atoms with van der Waals surface area (Å²) in [4.78, 5) is 33.4. The summed E-state index contributed by atoms with van der Waals surface area (Å²) in [5.41, 5.74) is 8.69. The van der Waals surface area contributed by atoms with E-state index >= 15 is 0 Å². The number of nitrogens with two attached hydrogens (primary N) is 1. The predicted octanol–water partition coefficient (Wildman–Crippen LogP) is 3.54. The van der Waals surface area contributed by atoms with E-state index in [0.717, 1.165) is 11.1 Å². The minimum atomic E-state index is -0.628. The van der Waals surface area contributed by atoms with Crippen molar-refractivity contribution in [3.05, 3.63) is 89.2 Å². The fraction of sp³-hybridized carbons (Fsp3) is 0.214. The minimum absolute atomic E-state index is 0.00304. The Balaban J connectivity index is 1.52. The first-order valence-corrected chi connectivity index (χ1v) is 11.8. The van der Waals surface area contributed by atoms with Crippen LogP contribution in [-0.4, -0.2) is 47.1 Å². The van der Waals surface area contributed by atoms with Crippen molar-refractivity contribution in [2.24, 2.45) is 5.73 Å². The molecule has 3 aromatic carbocycles. The lowest BCUT2D eigenvalue weighted by Crippen LogP contribution is -2.13. The highest BCUT2D eigenvalue weighted by atomic mass is 16.5. The van der Waals surface area contributed by atoms with Crippen LogP contribution in [0.25, 0.3) is 10.9 Å². The van der Waals surface area contributed by atoms with E-state index in [1.54, 1.807) is 43.5 Å². The van der Waals surface area contributed by atoms with E-state index in [0.29, 0.717) is 53.4 Å². The molecule has 190 valence electrons. The first-order chi connectivity index (χ1) is 18.0. The maximum absolute atomic E-state index is 12.7. The number of hydrogen-bond acceptors (Lipinski definition) is 8. The molecule has 37 heavy (non-hydrogen) atoms. The van der Waals surface area contributed by atoms with Gasteiger partial charge in [-0.3, -0.25) is 9.59 Å². The van der Waals surface area contributed by atoms with Crippen LogP contribution in [0.3, 0.4) is 0 Å². The molecule has 0 spiro atoms. The molecular formula is C28H28N4O5. The molecule has 0 aliphatic heterocycles. The van der Waals surface area contributed by atoms with Crippen molar-refractivity contribution in [3.8, 4) is 11.5 Å². The SMILES string of the molecule is COc1ccc(C(=O)Cc2cccc(CNc3ncnc4c(C(N)=O)cc(OCCCO)cc34)c2)cc1. The number of benzene rings is 3. The first-order valence-electron chi connectivity index (χ1n) is 11.8. The van der Waals surface area contributed by atoms with Gasteiger partial charge in [0.05, 0.1) is 24.8 Å². The van der Waals surface area contributed by atoms with Gasteiger partial charge in [0.25, 0.3) is 5.91 Å². The standard InChI is InChI=1S/C28H28N4O5/c1-36-21-8-6-20(7-9-21)25(34)13-18-4-2-5-19(12-18)16-30-28-24-15-22(37-11-3-10-33)14-23(27(29)35)26(24)31-17-32-28/h2,4-9,12,14-15,17,33H,3,10-11,13,16H2,1H3,(H2,29,35)(H,30,31,32). The molecule has 0 unspecified atom stereocenters. The quantitative estimate of drug-likeness (QED) is 0.198. The number of aliphatic hydroxyl groups excluding tert-OH is 1. The van der Waals surface area contributed by atoms with Crippen LogP contribution in [0.1, 0.15) is 38.3 Å². The Hall–Kier alpha value is -4.50. The van der Waals surface area contributed by atoms with Gasteiger partial charge < -0.3 is 25.6 Å². The number of carbonyl (C=O) groups excluding carboxylic acids is 2. The largest absolute Gasteiger partial charge is 0.497 e. The molecule has 0 aliphatic rings. The molecule has 0 aliphatic carbocycles. The number of methoxy groups -OCH3 is 1. The number of hydrogen-bond donors (Lipinski definition) is 3. The fourth-order valence-corrected chi connectivity index (χ4v) is 3.91. The molecule has 0 radical (unpaired) electrons. The van der Waals surface area contributed by atoms with Crippen molar-refractivity contribution in [3.63, 3.8) is 0 Å². The lowest BCUT2D eigenvalue weighted by molar-refractivity contribution is 0.0987. The zero-order valence-electron chi connectivity index (χ0n) is 20.4. The van der Waals surface area contributed by atoms with Gasteiger partial charge in [-0.2, -0.15) is 0 Å². The van der Waals surface area contributed by atoms with Crippen molar-refractivity contribution < 1.29 is 24.2 Å². The zero-order chi connectivity index (χ0) is 26.2. The molecule has 0 saturated heterocycles. The summed E-state index contributed by atoms with van der Waals surface area (Å²) in [6.07, 6.45) is 2.10. The van der Waals surface area contributed by atoms with Crippen molar-refractivity contribution >= 4 is 28.4 Å². The number of ether oxygens (including phenoxy) is 2. The van der Waals surface area contributed by atoms with Crippen LogP contribution in [0.4, 0.5) is 5.82 Å². The molecule has 1 heterocycles. The second kappa shape index (κ2) is 12.0. The van der Waals surface area contributed by atoms with Crippen LogP contribution in [0.15, 0.2) is 67.0 Å². The van der Waals surface area contributed by atoms with Crippen LogP contribution in [0, 0.1) is 0 Å². The molecule has 9 nitrogen and oxygen atoms in total. The van der Waals surface area contributed by atoms with Crippen molar-refractivity contribution in [2.45, 2.75) is 19.4 Å². The lowest BCUT2D eigenvalue weighted by atomic mass is 10.0. The Kier molecular flexibility index (Phi) is 8.27. The Morgan fingerprint density at radius 1 is 1.00 bits per heavy atom. The van der Waals surface area contributed by atoms with Gasteiger partial charge in [0.1, 0.15) is 23.6 Å². The number of carbonyl (C=O) groups is 2. The summed E-state index contributed by atoms with van der Waals surface area (Å²) in [7, 11) is 1.59. The topological polar surface area (TPSA) is 137 Å². The molecular weight excluding hydrogens is 472 g/mol. The lowest BCUT2D eigenvalue weighted by Gasteiger charge is -2.13. The number of aromatic nitrogens is 2. The second-order valence-electron chi connectivity index (χ2n) is 8.38. The van der Waals surface area contributed by atoms with E-state index in [9.17, 15) is 9.59 Å². The van der Waals surface area contributed by atoms with Gasteiger partial charge in [0, 0.05) is 36.9 Å². The number of amides is 1. The number of aliphatic hydroxyl groups is 1. The average Bonchev–Trinajstić information content (AvgIpc) is 2.91. The number of Topliss-reactive ketones (excluding diaryl/α,β-unsaturated/α-hetero) is 1. The molecule has 0 atom stereocenters. The molecule has 0 fully saturated rings. The molecule has 1 amide bonds. The van der Waals surface area contributed by atoms with Crippen LogP contribution < -0.4 is 20.5 Å². The molecule has 4 N–H and O–H groups in total. The zero-order valence-corrected chi connectivity index (χ0v) is 20.4. The summed E-state index contributed by atoms with van der Waals surface area (Å²) in [5, 5.41) is 12.9. The third-order valence-electron chi connectivity index (χ3n) is 5.78. The van der Waals surface area contributed by atoms with E-state index < -0.39 is 5.91 Å². The Bertz CT molecular complexity index is 1410. The van der Waals surface area contributed by atoms with Crippen LogP contribution >= 0.6 is 0 Å². The number of nitrogens with zero attached hydrogens (tertiary/aromatic N) is 2. The molecule has 1 aromatic heterocycles. The number of nitrogens with one attached hydrogen (secondary N) is 1. The average molecular weight is 501 g/mol. The van der Waals surface area contributed by atoms with Crippen molar-refractivity contribution in [2.75, 3.05) is 25.6 Å². The summed E-state index contributed by atoms with van der Waals surface area (Å²) in [5.74, 6) is 1.04. The van der Waals surface area contributed by atoms with Gasteiger partial charge in [-0.25, -0.2) is 9.97 Å². The highest BCUT2D eigenvalue weighted by molar-refractivity contribution is 6.07. The summed E-state index contributed by atoms with van der Waals surface area (Å²) in [6.45, 7) is 0.716. The monoisotopic (exact) mass is 500 g/mol. The second-order valence-corrected chi connectivity index (χ2v) is 8.38. The van der Waals surface area contributed by atoms with E-state index in [1.165, 1.54) is 6.33 Å². The van der Waals surface area contributed by atoms with Gasteiger partial charge in [0.15, 0.2) is 5.78 Å². The van der Waals surface area contributed by atoms with Gasteiger partial charge in [0.2, 0.25) is 0 Å². The van der Waals surface area contributed by atoms with Gasteiger partial charge in [-0.05, 0) is 47.5 Å². The molecule has 4 rings (SSSR count). The normalized spacial score (nSPS) is 10.8. The van der Waals surface area contributed by atoms with Crippen molar-refractivity contribution in [1.29, 1.82) is 0 Å². The third kappa shape index (κ3) is 6.39. The highest BCUT2D eigenvalue weighted by Crippen LogP contribution is 2.28. The predicted molar refractivity (Wildman–Crippen MR) is 140 cm³/mol. The Labute approximate surface area is 214 Å². The van der Waals surface area contributed by atoms with Gasteiger partial charge >= 0.3 is 0 Å². The molecule has 0 bridgehead atoms. The van der Waals surface area contributed by atoms with E-state index in [-0.39, 0.29) is 24.4 Å². The summed E-state index contributed by atoms with van der Waals surface area (Å²) in [6, 6.07) is 18.1. The maximum atomic E-state index is 12.7. The molecule has 0 saturated carbocycles. The number of primary amides is 1. The van der Waals surface area contributed by atoms with Crippen LogP contribution in [0.5, 0.6) is 11.5 Å². The summed E-state index contributed by atoms with van der Waals surface area (Å²) >= 11 is 0. The van der Waals surface area contributed by atoms with Crippen LogP contribution in [0.2, 0.25) is 0 Å². The highest BCUT2D eigenvalue weighted by Gasteiger charge is 2.15. The van der Waals surface area contributed by atoms with Gasteiger partial charge in [-0.1, -0.05) is 24.3 Å². The van der Waals surface area contributed by atoms with E-state index in [4.69, 9.17) is 20.3 Å².